The molecular weight excluding hydrogens is 290 g/mol. The van der Waals surface area contributed by atoms with Gasteiger partial charge in [0.1, 0.15) is 12.4 Å². The van der Waals surface area contributed by atoms with Crippen LogP contribution in [0.15, 0.2) is 48.5 Å². The predicted octanol–water partition coefficient (Wildman–Crippen LogP) is 2.67. The number of aliphatic hydroxyl groups is 1. The summed E-state index contributed by atoms with van der Waals surface area (Å²) in [4.78, 5) is 0. The Bertz CT molecular complexity index is 569. The largest absolute Gasteiger partial charge is 0.489 e. The highest BCUT2D eigenvalue weighted by atomic mass is 16.5. The Labute approximate surface area is 138 Å². The summed E-state index contributed by atoms with van der Waals surface area (Å²) in [7, 11) is 0. The van der Waals surface area contributed by atoms with Crippen molar-refractivity contribution in [3.63, 3.8) is 0 Å². The molecule has 4 heteroatoms. The molecule has 2 N–H and O–H groups in total. The van der Waals surface area contributed by atoms with Crippen molar-refractivity contribution in [3.05, 3.63) is 65.2 Å². The molecule has 0 aromatic heterocycles. The molecule has 2 rings (SSSR count). The molecule has 0 aliphatic rings. The van der Waals surface area contributed by atoms with Crippen molar-refractivity contribution in [3.8, 4) is 5.75 Å². The van der Waals surface area contributed by atoms with Gasteiger partial charge in [-0.3, -0.25) is 0 Å². The van der Waals surface area contributed by atoms with Crippen LogP contribution >= 0.6 is 0 Å². The van der Waals surface area contributed by atoms with Gasteiger partial charge in [-0.25, -0.2) is 0 Å². The lowest BCUT2D eigenvalue weighted by Crippen LogP contribution is -2.20. The second-order valence-corrected chi connectivity index (χ2v) is 5.43. The van der Waals surface area contributed by atoms with Crippen LogP contribution in [0.25, 0.3) is 0 Å². The number of nitrogens with one attached hydrogen (secondary N) is 1. The minimum atomic E-state index is 0.0698. The Morgan fingerprint density at radius 2 is 1.83 bits per heavy atom. The van der Waals surface area contributed by atoms with Gasteiger partial charge in [-0.15, -0.1) is 0 Å². The molecule has 0 atom stereocenters. The molecule has 0 fully saturated rings. The molecule has 4 nitrogen and oxygen atoms in total. The molecule has 0 spiro atoms. The topological polar surface area (TPSA) is 50.7 Å². The van der Waals surface area contributed by atoms with Gasteiger partial charge in [0, 0.05) is 13.1 Å². The molecule has 0 heterocycles. The van der Waals surface area contributed by atoms with E-state index in [-0.39, 0.29) is 6.61 Å². The van der Waals surface area contributed by atoms with E-state index in [9.17, 15) is 0 Å². The standard InChI is InChI=1S/C19H25NO3/c1-16-5-7-17(8-6-16)15-23-19-4-2-3-18(13-19)14-20-9-11-22-12-10-21/h2-8,13,20-21H,9-12,14-15H2,1H3. The van der Waals surface area contributed by atoms with Crippen LogP contribution in [0, 0.1) is 6.92 Å². The maximum atomic E-state index is 8.62. The normalized spacial score (nSPS) is 10.7. The van der Waals surface area contributed by atoms with Crippen LogP contribution in [0.3, 0.4) is 0 Å². The molecule has 0 saturated heterocycles. The molecule has 0 bridgehead atoms. The van der Waals surface area contributed by atoms with Crippen LogP contribution in [0.2, 0.25) is 0 Å². The number of hydrogen-bond donors (Lipinski definition) is 2. The molecule has 0 radical (unpaired) electrons. The van der Waals surface area contributed by atoms with Crippen LogP contribution < -0.4 is 10.1 Å². The van der Waals surface area contributed by atoms with Crippen molar-refractivity contribution in [1.82, 2.24) is 5.32 Å². The number of hydrogen-bond acceptors (Lipinski definition) is 4. The summed E-state index contributed by atoms with van der Waals surface area (Å²) in [6.07, 6.45) is 0. The van der Waals surface area contributed by atoms with Crippen molar-refractivity contribution < 1.29 is 14.6 Å². The Morgan fingerprint density at radius 3 is 2.61 bits per heavy atom. The molecule has 124 valence electrons. The number of ether oxygens (including phenoxy) is 2. The first kappa shape index (κ1) is 17.5. The van der Waals surface area contributed by atoms with Gasteiger partial charge in [0.15, 0.2) is 0 Å². The van der Waals surface area contributed by atoms with E-state index in [4.69, 9.17) is 14.6 Å². The van der Waals surface area contributed by atoms with Gasteiger partial charge in [0.25, 0.3) is 0 Å². The summed E-state index contributed by atoms with van der Waals surface area (Å²) in [6, 6.07) is 16.5. The van der Waals surface area contributed by atoms with Crippen LogP contribution in [-0.2, 0) is 17.9 Å². The van der Waals surface area contributed by atoms with Crippen molar-refractivity contribution in [1.29, 1.82) is 0 Å². The molecule has 0 aliphatic heterocycles. The zero-order valence-corrected chi connectivity index (χ0v) is 13.6. The molecule has 2 aromatic rings. The summed E-state index contributed by atoms with van der Waals surface area (Å²) in [5.74, 6) is 0.876. The Hall–Kier alpha value is -1.88. The van der Waals surface area contributed by atoms with E-state index in [1.54, 1.807) is 0 Å². The Morgan fingerprint density at radius 1 is 1.00 bits per heavy atom. The SMILES string of the molecule is Cc1ccc(COc2cccc(CNCCOCCO)c2)cc1. The van der Waals surface area contributed by atoms with E-state index in [1.807, 2.05) is 12.1 Å². The first-order chi connectivity index (χ1) is 11.3. The fourth-order valence-electron chi connectivity index (χ4n) is 2.14. The second-order valence-electron chi connectivity index (χ2n) is 5.43. The fraction of sp³-hybridized carbons (Fsp3) is 0.368. The fourth-order valence-corrected chi connectivity index (χ4v) is 2.14. The minimum Gasteiger partial charge on any atom is -0.489 e. The van der Waals surface area contributed by atoms with Gasteiger partial charge in [-0.1, -0.05) is 42.0 Å². The van der Waals surface area contributed by atoms with Gasteiger partial charge >= 0.3 is 0 Å². The molecule has 23 heavy (non-hydrogen) atoms. The average molecular weight is 315 g/mol. The number of aryl methyl sites for hydroxylation is 1. The second kappa shape index (κ2) is 10.0. The molecule has 2 aromatic carbocycles. The van der Waals surface area contributed by atoms with Crippen LogP contribution in [-0.4, -0.2) is 31.5 Å². The molecule has 0 amide bonds. The molecule has 0 unspecified atom stereocenters. The van der Waals surface area contributed by atoms with Gasteiger partial charge in [-0.05, 0) is 30.2 Å². The van der Waals surface area contributed by atoms with E-state index in [1.165, 1.54) is 16.7 Å². The Balaban J connectivity index is 1.74. The maximum absolute atomic E-state index is 8.62. The van der Waals surface area contributed by atoms with Crippen LogP contribution in [0.5, 0.6) is 5.75 Å². The summed E-state index contributed by atoms with van der Waals surface area (Å²) in [5, 5.41) is 11.9. The lowest BCUT2D eigenvalue weighted by Gasteiger charge is -2.09. The number of rotatable bonds is 10. The van der Waals surface area contributed by atoms with Gasteiger partial charge < -0.3 is 19.9 Å². The lowest BCUT2D eigenvalue weighted by molar-refractivity contribution is 0.0938. The maximum Gasteiger partial charge on any atom is 0.120 e. The molecule has 0 saturated carbocycles. The average Bonchev–Trinajstić information content (AvgIpc) is 2.58. The molecule has 0 aliphatic carbocycles. The van der Waals surface area contributed by atoms with Gasteiger partial charge in [0.2, 0.25) is 0 Å². The van der Waals surface area contributed by atoms with E-state index in [0.717, 1.165) is 18.8 Å². The van der Waals surface area contributed by atoms with Crippen molar-refractivity contribution in [2.24, 2.45) is 0 Å². The third-order valence-electron chi connectivity index (χ3n) is 3.41. The summed E-state index contributed by atoms with van der Waals surface area (Å²) in [6.45, 7) is 5.25. The highest BCUT2D eigenvalue weighted by molar-refractivity contribution is 5.29. The smallest absolute Gasteiger partial charge is 0.120 e. The number of benzene rings is 2. The summed E-state index contributed by atoms with van der Waals surface area (Å²) >= 11 is 0. The highest BCUT2D eigenvalue weighted by Crippen LogP contribution is 2.15. The zero-order valence-electron chi connectivity index (χ0n) is 13.6. The predicted molar refractivity (Wildman–Crippen MR) is 91.6 cm³/mol. The third-order valence-corrected chi connectivity index (χ3v) is 3.41. The van der Waals surface area contributed by atoms with Gasteiger partial charge in [0.05, 0.1) is 19.8 Å². The lowest BCUT2D eigenvalue weighted by atomic mass is 10.2. The van der Waals surface area contributed by atoms with E-state index < -0.39 is 0 Å². The monoisotopic (exact) mass is 315 g/mol. The Kier molecular flexibility index (Phi) is 7.60. The third kappa shape index (κ3) is 6.82. The van der Waals surface area contributed by atoms with Crippen LogP contribution in [0.1, 0.15) is 16.7 Å². The summed E-state index contributed by atoms with van der Waals surface area (Å²) in [5.41, 5.74) is 3.60. The van der Waals surface area contributed by atoms with Crippen molar-refractivity contribution >= 4 is 0 Å². The van der Waals surface area contributed by atoms with E-state index in [0.29, 0.717) is 19.8 Å². The van der Waals surface area contributed by atoms with Crippen LogP contribution in [0.4, 0.5) is 0 Å². The summed E-state index contributed by atoms with van der Waals surface area (Å²) < 4.78 is 11.1. The van der Waals surface area contributed by atoms with Gasteiger partial charge in [-0.2, -0.15) is 0 Å². The van der Waals surface area contributed by atoms with Crippen molar-refractivity contribution in [2.45, 2.75) is 20.1 Å². The highest BCUT2D eigenvalue weighted by Gasteiger charge is 1.99. The zero-order chi connectivity index (χ0) is 16.3. The quantitative estimate of drug-likeness (QED) is 0.662. The van der Waals surface area contributed by atoms with E-state index in [2.05, 4.69) is 48.6 Å². The minimum absolute atomic E-state index is 0.0698. The number of aliphatic hydroxyl groups excluding tert-OH is 1. The molecular formula is C19H25NO3. The first-order valence-electron chi connectivity index (χ1n) is 7.94. The first-order valence-corrected chi connectivity index (χ1v) is 7.94. The van der Waals surface area contributed by atoms with E-state index >= 15 is 0 Å². The van der Waals surface area contributed by atoms with Crippen molar-refractivity contribution in [2.75, 3.05) is 26.4 Å².